The van der Waals surface area contributed by atoms with E-state index in [1.807, 2.05) is 121 Å². The second kappa shape index (κ2) is 21.3. The van der Waals surface area contributed by atoms with Gasteiger partial charge in [-0.1, -0.05) is 133 Å². The van der Waals surface area contributed by atoms with Gasteiger partial charge in [-0.15, -0.1) is 0 Å². The molecule has 0 spiro atoms. The van der Waals surface area contributed by atoms with Crippen LogP contribution in [0.1, 0.15) is 55.8 Å². The van der Waals surface area contributed by atoms with Crippen molar-refractivity contribution in [3.8, 4) is 23.0 Å². The van der Waals surface area contributed by atoms with Crippen LogP contribution in [0, 0.1) is 0 Å². The number of rotatable bonds is 21. The molecule has 6 aromatic carbocycles. The summed E-state index contributed by atoms with van der Waals surface area (Å²) >= 11 is 0. The molecular formula is C48H46N2O8. The Balaban J connectivity index is 1.11. The van der Waals surface area contributed by atoms with E-state index in [0.717, 1.165) is 22.3 Å². The van der Waals surface area contributed by atoms with Crippen molar-refractivity contribution in [2.24, 2.45) is 0 Å². The van der Waals surface area contributed by atoms with E-state index in [4.69, 9.17) is 18.9 Å². The Morgan fingerprint density at radius 1 is 0.483 bits per heavy atom. The molecule has 0 atom stereocenters. The average molecular weight is 779 g/mol. The predicted octanol–water partition coefficient (Wildman–Crippen LogP) is 8.74. The summed E-state index contributed by atoms with van der Waals surface area (Å²) in [6.07, 6.45) is 0.887. The van der Waals surface area contributed by atoms with Crippen molar-refractivity contribution in [2.75, 3.05) is 19.6 Å². The summed E-state index contributed by atoms with van der Waals surface area (Å²) in [5.74, 6) is -0.635. The van der Waals surface area contributed by atoms with Crippen molar-refractivity contribution in [3.05, 3.63) is 191 Å². The minimum atomic E-state index is -1.15. The Morgan fingerprint density at radius 2 is 0.897 bits per heavy atom. The molecule has 0 heterocycles. The number of carboxylic acid groups (broad SMARTS) is 1. The summed E-state index contributed by atoms with van der Waals surface area (Å²) in [4.78, 5) is 41.0. The van der Waals surface area contributed by atoms with Crippen molar-refractivity contribution in [3.63, 3.8) is 0 Å². The van der Waals surface area contributed by atoms with Crippen LogP contribution in [0.5, 0.6) is 23.0 Å². The first-order chi connectivity index (χ1) is 28.4. The molecule has 6 aromatic rings. The number of unbranched alkanes of at least 4 members (excludes halogenated alkanes) is 1. The van der Waals surface area contributed by atoms with Gasteiger partial charge in [-0.25, -0.2) is 0 Å². The van der Waals surface area contributed by atoms with Crippen molar-refractivity contribution >= 4 is 17.8 Å². The van der Waals surface area contributed by atoms with E-state index in [1.54, 1.807) is 36.4 Å². The molecule has 0 radical (unpaired) electrons. The first kappa shape index (κ1) is 40.6. The molecule has 6 rings (SSSR count). The number of carbonyl (C=O) groups excluding carboxylic acids is 2. The number of hydrogen-bond acceptors (Lipinski definition) is 7. The van der Waals surface area contributed by atoms with E-state index in [1.165, 1.54) is 4.90 Å². The molecule has 0 aliphatic carbocycles. The normalized spacial score (nSPS) is 10.6. The molecular weight excluding hydrogens is 733 g/mol. The second-order valence-electron chi connectivity index (χ2n) is 13.4. The highest BCUT2D eigenvalue weighted by atomic mass is 16.5. The maximum absolute atomic E-state index is 14.1. The third-order valence-corrected chi connectivity index (χ3v) is 9.11. The summed E-state index contributed by atoms with van der Waals surface area (Å²) in [6.45, 7) is 0.837. The maximum atomic E-state index is 14.1. The quantitative estimate of drug-likeness (QED) is 0.0696. The summed E-state index contributed by atoms with van der Waals surface area (Å²) in [7, 11) is 0. The molecule has 0 fully saturated rings. The molecule has 0 aromatic heterocycles. The van der Waals surface area contributed by atoms with Crippen molar-refractivity contribution in [1.29, 1.82) is 0 Å². The highest BCUT2D eigenvalue weighted by Crippen LogP contribution is 2.35. The van der Waals surface area contributed by atoms with Crippen LogP contribution in [0.25, 0.3) is 0 Å². The van der Waals surface area contributed by atoms with Gasteiger partial charge in [0.05, 0.1) is 11.1 Å². The molecule has 0 unspecified atom stereocenters. The highest BCUT2D eigenvalue weighted by Gasteiger charge is 2.25. The molecule has 10 heteroatoms. The first-order valence-corrected chi connectivity index (χ1v) is 19.2. The van der Waals surface area contributed by atoms with Gasteiger partial charge in [0.15, 0.2) is 23.0 Å². The lowest BCUT2D eigenvalue weighted by molar-refractivity contribution is -0.137. The number of aliphatic carboxylic acids is 1. The largest absolute Gasteiger partial charge is 0.485 e. The molecule has 2 N–H and O–H groups in total. The Labute approximate surface area is 338 Å². The summed E-state index contributed by atoms with van der Waals surface area (Å²) in [6, 6.07) is 48.8. The Kier molecular flexibility index (Phi) is 14.9. The van der Waals surface area contributed by atoms with Gasteiger partial charge >= 0.3 is 5.97 Å². The van der Waals surface area contributed by atoms with E-state index < -0.39 is 18.4 Å². The van der Waals surface area contributed by atoms with Gasteiger partial charge in [-0.2, -0.15) is 0 Å². The summed E-state index contributed by atoms with van der Waals surface area (Å²) in [5, 5.41) is 12.8. The zero-order valence-corrected chi connectivity index (χ0v) is 32.1. The van der Waals surface area contributed by atoms with E-state index >= 15 is 0 Å². The predicted molar refractivity (Wildman–Crippen MR) is 221 cm³/mol. The average Bonchev–Trinajstić information content (AvgIpc) is 3.26. The Morgan fingerprint density at radius 3 is 1.34 bits per heavy atom. The molecule has 0 saturated carbocycles. The minimum Gasteiger partial charge on any atom is -0.485 e. The first-order valence-electron chi connectivity index (χ1n) is 19.2. The van der Waals surface area contributed by atoms with E-state index in [2.05, 4.69) is 5.32 Å². The fourth-order valence-electron chi connectivity index (χ4n) is 6.14. The maximum Gasteiger partial charge on any atom is 0.323 e. The molecule has 58 heavy (non-hydrogen) atoms. The monoisotopic (exact) mass is 778 g/mol. The molecule has 2 amide bonds. The van der Waals surface area contributed by atoms with Crippen LogP contribution in [-0.2, 0) is 31.2 Å². The molecule has 0 bridgehead atoms. The van der Waals surface area contributed by atoms with Crippen LogP contribution in [0.3, 0.4) is 0 Å². The standard InChI is InChI=1S/C48H46N2O8/c51-44(52)31-50(48(54)41-26-16-28-43(56-33-37-19-7-2-8-20-37)46(41)58-35-39-23-11-4-12-24-39)30-14-13-29-49-47(53)40-25-15-27-42(55-32-36-17-5-1-6-18-36)45(40)57-34-38-21-9-3-10-22-38/h1-12,15-28H,13-14,29-35H2,(H,49,53)(H,51,52). The molecule has 0 aliphatic rings. The Bertz CT molecular complexity index is 2220. The molecule has 0 saturated heterocycles. The lowest BCUT2D eigenvalue weighted by Crippen LogP contribution is -2.37. The number of hydrogen-bond donors (Lipinski definition) is 2. The van der Waals surface area contributed by atoms with Gasteiger partial charge in [-0.05, 0) is 59.4 Å². The third-order valence-electron chi connectivity index (χ3n) is 9.11. The number of benzene rings is 6. The molecule has 0 aliphatic heterocycles. The number of para-hydroxylation sites is 2. The lowest BCUT2D eigenvalue weighted by atomic mass is 10.1. The fourth-order valence-corrected chi connectivity index (χ4v) is 6.14. The van der Waals surface area contributed by atoms with Crippen molar-refractivity contribution in [2.45, 2.75) is 39.3 Å². The fraction of sp³-hybridized carbons (Fsp3) is 0.188. The summed E-state index contributed by atoms with van der Waals surface area (Å²) < 4.78 is 24.8. The number of carbonyl (C=O) groups is 3. The van der Waals surface area contributed by atoms with Crippen LogP contribution < -0.4 is 24.3 Å². The van der Waals surface area contributed by atoms with Crippen LogP contribution in [0.2, 0.25) is 0 Å². The number of amides is 2. The van der Waals surface area contributed by atoms with Crippen LogP contribution in [-0.4, -0.2) is 47.4 Å². The number of nitrogens with one attached hydrogen (secondary N) is 1. The Hall–Kier alpha value is -7.07. The topological polar surface area (TPSA) is 124 Å². The third kappa shape index (κ3) is 12.0. The zero-order chi connectivity index (χ0) is 40.4. The number of nitrogens with zero attached hydrogens (tertiary/aromatic N) is 1. The van der Waals surface area contributed by atoms with Gasteiger partial charge < -0.3 is 34.3 Å². The van der Waals surface area contributed by atoms with Gasteiger partial charge in [0.25, 0.3) is 11.8 Å². The minimum absolute atomic E-state index is 0.127. The van der Waals surface area contributed by atoms with E-state index in [-0.39, 0.29) is 50.1 Å². The number of ether oxygens (including phenoxy) is 4. The second-order valence-corrected chi connectivity index (χ2v) is 13.4. The molecule has 10 nitrogen and oxygen atoms in total. The van der Waals surface area contributed by atoms with E-state index in [0.29, 0.717) is 42.3 Å². The smallest absolute Gasteiger partial charge is 0.323 e. The summed E-state index contributed by atoms with van der Waals surface area (Å²) in [5.41, 5.74) is 4.25. The van der Waals surface area contributed by atoms with Gasteiger partial charge in [0, 0.05) is 13.1 Å². The van der Waals surface area contributed by atoms with Crippen LogP contribution in [0.15, 0.2) is 158 Å². The van der Waals surface area contributed by atoms with Crippen LogP contribution in [0.4, 0.5) is 0 Å². The van der Waals surface area contributed by atoms with Crippen molar-refractivity contribution < 1.29 is 38.4 Å². The number of carboxylic acids is 1. The van der Waals surface area contributed by atoms with Gasteiger partial charge in [-0.3, -0.25) is 14.4 Å². The van der Waals surface area contributed by atoms with E-state index in [9.17, 15) is 19.5 Å². The highest BCUT2D eigenvalue weighted by molar-refractivity contribution is 5.99. The van der Waals surface area contributed by atoms with Gasteiger partial charge in [0.2, 0.25) is 0 Å². The van der Waals surface area contributed by atoms with Crippen molar-refractivity contribution in [1.82, 2.24) is 10.2 Å². The zero-order valence-electron chi connectivity index (χ0n) is 32.1. The van der Waals surface area contributed by atoms with Gasteiger partial charge in [0.1, 0.15) is 33.0 Å². The lowest BCUT2D eigenvalue weighted by Gasteiger charge is -2.23. The van der Waals surface area contributed by atoms with Crippen LogP contribution >= 0.6 is 0 Å². The SMILES string of the molecule is O=C(O)CN(CCCCNC(=O)c1cccc(OCc2ccccc2)c1OCc1ccccc1)C(=O)c1cccc(OCc2ccccc2)c1OCc1ccccc1. The molecule has 296 valence electrons.